The molecular formula is C26H26ClN3O4S. The van der Waals surface area contributed by atoms with Gasteiger partial charge >= 0.3 is 5.97 Å². The molecule has 182 valence electrons. The van der Waals surface area contributed by atoms with E-state index in [1.54, 1.807) is 31.2 Å². The molecule has 0 radical (unpaired) electrons. The summed E-state index contributed by atoms with van der Waals surface area (Å²) in [6.07, 6.45) is 0. The van der Waals surface area contributed by atoms with E-state index in [4.69, 9.17) is 21.1 Å². The fraction of sp³-hybridized carbons (Fsp3) is 0.269. The van der Waals surface area contributed by atoms with Gasteiger partial charge in [0.1, 0.15) is 6.61 Å². The number of hydrogen-bond donors (Lipinski definition) is 2. The molecule has 0 saturated carbocycles. The van der Waals surface area contributed by atoms with Crippen LogP contribution >= 0.6 is 23.4 Å². The number of amides is 1. The third kappa shape index (κ3) is 6.89. The Kier molecular flexibility index (Phi) is 9.38. The molecule has 35 heavy (non-hydrogen) atoms. The van der Waals surface area contributed by atoms with E-state index in [0.717, 1.165) is 5.56 Å². The number of nitrogens with zero attached hydrogens (tertiary/aromatic N) is 1. The molecular weight excluding hydrogens is 486 g/mol. The average molecular weight is 512 g/mol. The summed E-state index contributed by atoms with van der Waals surface area (Å²) in [6, 6.07) is 16.7. The standard InChI is InChI=1S/C26H26ClN3O4S/c1-16-4-10-20(11-5-16)30-22(31)15-35-25-21(14-28)24(18-6-8-19(27)9-7-18)23(17(2)29-25)26(32)34-13-12-33-3/h4-11,24,29H,12-13,15H2,1-3H3,(H,30,31)/t24-/m0/s1. The van der Waals surface area contributed by atoms with Gasteiger partial charge in [-0.05, 0) is 43.7 Å². The Hall–Kier alpha value is -3.25. The first kappa shape index (κ1) is 26.4. The lowest BCUT2D eigenvalue weighted by molar-refractivity contribution is -0.140. The molecule has 7 nitrogen and oxygen atoms in total. The zero-order chi connectivity index (χ0) is 25.4. The van der Waals surface area contributed by atoms with Crippen LogP contribution in [0.15, 0.2) is 70.4 Å². The second kappa shape index (κ2) is 12.5. The van der Waals surface area contributed by atoms with E-state index in [0.29, 0.717) is 38.1 Å². The quantitative estimate of drug-likeness (QED) is 0.364. The topological polar surface area (TPSA) is 100 Å². The molecule has 0 spiro atoms. The summed E-state index contributed by atoms with van der Waals surface area (Å²) in [5, 5.41) is 17.1. The molecule has 0 aromatic heterocycles. The molecule has 2 N–H and O–H groups in total. The number of anilines is 1. The number of ether oxygens (including phenoxy) is 2. The number of nitriles is 1. The summed E-state index contributed by atoms with van der Waals surface area (Å²) in [6.45, 7) is 4.07. The Morgan fingerprint density at radius 1 is 1.11 bits per heavy atom. The zero-order valence-corrected chi connectivity index (χ0v) is 21.3. The van der Waals surface area contributed by atoms with Gasteiger partial charge in [-0.2, -0.15) is 5.26 Å². The average Bonchev–Trinajstić information content (AvgIpc) is 2.84. The molecule has 1 amide bonds. The third-order valence-electron chi connectivity index (χ3n) is 5.27. The molecule has 1 heterocycles. The number of rotatable bonds is 9. The maximum atomic E-state index is 13.0. The van der Waals surface area contributed by atoms with E-state index in [2.05, 4.69) is 16.7 Å². The van der Waals surface area contributed by atoms with Gasteiger partial charge in [0, 0.05) is 23.5 Å². The van der Waals surface area contributed by atoms with Gasteiger partial charge in [0.2, 0.25) is 5.91 Å². The van der Waals surface area contributed by atoms with E-state index in [1.165, 1.54) is 18.9 Å². The molecule has 0 bridgehead atoms. The summed E-state index contributed by atoms with van der Waals surface area (Å²) in [7, 11) is 1.52. The number of benzene rings is 2. The van der Waals surface area contributed by atoms with Gasteiger partial charge in [0.15, 0.2) is 0 Å². The highest BCUT2D eigenvalue weighted by Gasteiger charge is 2.35. The Balaban J connectivity index is 1.86. The normalized spacial score (nSPS) is 15.3. The number of methoxy groups -OCH3 is 1. The van der Waals surface area contributed by atoms with Crippen molar-refractivity contribution in [2.75, 3.05) is 31.4 Å². The van der Waals surface area contributed by atoms with Crippen molar-refractivity contribution >= 4 is 40.9 Å². The predicted molar refractivity (Wildman–Crippen MR) is 138 cm³/mol. The SMILES string of the molecule is COCCOC(=O)C1=C(C)NC(SCC(=O)Nc2ccc(C)cc2)=C(C#N)[C@@H]1c1ccc(Cl)cc1. The van der Waals surface area contributed by atoms with Crippen molar-refractivity contribution in [1.29, 1.82) is 5.26 Å². The second-order valence-electron chi connectivity index (χ2n) is 7.83. The zero-order valence-electron chi connectivity index (χ0n) is 19.7. The van der Waals surface area contributed by atoms with Crippen LogP contribution in [-0.4, -0.2) is 38.0 Å². The minimum Gasteiger partial charge on any atom is -0.460 e. The highest BCUT2D eigenvalue weighted by Crippen LogP contribution is 2.41. The van der Waals surface area contributed by atoms with Crippen LogP contribution in [0.1, 0.15) is 24.0 Å². The maximum Gasteiger partial charge on any atom is 0.336 e. The molecule has 3 rings (SSSR count). The van der Waals surface area contributed by atoms with Gasteiger partial charge in [0.05, 0.1) is 40.5 Å². The van der Waals surface area contributed by atoms with Crippen LogP contribution in [0.4, 0.5) is 5.69 Å². The van der Waals surface area contributed by atoms with Crippen molar-refractivity contribution in [2.45, 2.75) is 19.8 Å². The van der Waals surface area contributed by atoms with Crippen molar-refractivity contribution < 1.29 is 19.1 Å². The van der Waals surface area contributed by atoms with Crippen molar-refractivity contribution in [3.8, 4) is 6.07 Å². The summed E-state index contributed by atoms with van der Waals surface area (Å²) in [5.74, 6) is -1.34. The lowest BCUT2D eigenvalue weighted by atomic mass is 9.82. The summed E-state index contributed by atoms with van der Waals surface area (Å²) in [5.41, 5.74) is 3.71. The molecule has 1 atom stereocenters. The lowest BCUT2D eigenvalue weighted by Crippen LogP contribution is -2.29. The highest BCUT2D eigenvalue weighted by atomic mass is 35.5. The van der Waals surface area contributed by atoms with Gasteiger partial charge < -0.3 is 20.1 Å². The molecule has 0 fully saturated rings. The Bertz CT molecular complexity index is 1180. The summed E-state index contributed by atoms with van der Waals surface area (Å²) < 4.78 is 10.3. The number of hydrogen-bond acceptors (Lipinski definition) is 7. The largest absolute Gasteiger partial charge is 0.460 e. The fourth-order valence-electron chi connectivity index (χ4n) is 3.55. The first-order valence-electron chi connectivity index (χ1n) is 10.9. The van der Waals surface area contributed by atoms with Crippen molar-refractivity contribution in [3.05, 3.63) is 86.6 Å². The number of dihydropyridines is 1. The minimum atomic E-state index is -0.670. The lowest BCUT2D eigenvalue weighted by Gasteiger charge is -2.29. The number of halogens is 1. The number of thioether (sulfide) groups is 1. The number of allylic oxidation sites excluding steroid dienone is 2. The summed E-state index contributed by atoms with van der Waals surface area (Å²) >= 11 is 7.27. The minimum absolute atomic E-state index is 0.0790. The second-order valence-corrected chi connectivity index (χ2v) is 9.26. The first-order chi connectivity index (χ1) is 16.8. The van der Waals surface area contributed by atoms with E-state index in [1.807, 2.05) is 31.2 Å². The molecule has 2 aromatic rings. The van der Waals surface area contributed by atoms with Gasteiger partial charge in [-0.25, -0.2) is 4.79 Å². The molecule has 1 aliphatic heterocycles. The molecule has 0 unspecified atom stereocenters. The van der Waals surface area contributed by atoms with Crippen molar-refractivity contribution in [3.63, 3.8) is 0 Å². The van der Waals surface area contributed by atoms with Gasteiger partial charge in [-0.3, -0.25) is 4.79 Å². The maximum absolute atomic E-state index is 13.0. The van der Waals surface area contributed by atoms with Crippen LogP contribution in [0.3, 0.4) is 0 Å². The van der Waals surface area contributed by atoms with Crippen LogP contribution < -0.4 is 10.6 Å². The first-order valence-corrected chi connectivity index (χ1v) is 12.2. The fourth-order valence-corrected chi connectivity index (χ4v) is 4.57. The van der Waals surface area contributed by atoms with Gasteiger partial charge in [-0.15, -0.1) is 0 Å². The molecule has 9 heteroatoms. The third-order valence-corrected chi connectivity index (χ3v) is 6.54. The smallest absolute Gasteiger partial charge is 0.336 e. The molecule has 0 aliphatic carbocycles. The summed E-state index contributed by atoms with van der Waals surface area (Å²) in [4.78, 5) is 25.5. The molecule has 1 aliphatic rings. The van der Waals surface area contributed by atoms with Crippen molar-refractivity contribution in [1.82, 2.24) is 5.32 Å². The van der Waals surface area contributed by atoms with E-state index in [9.17, 15) is 14.9 Å². The predicted octanol–water partition coefficient (Wildman–Crippen LogP) is 4.91. The Morgan fingerprint density at radius 2 is 1.80 bits per heavy atom. The molecule has 2 aromatic carbocycles. The van der Waals surface area contributed by atoms with Gasteiger partial charge in [0.25, 0.3) is 0 Å². The molecule has 0 saturated heterocycles. The van der Waals surface area contributed by atoms with Crippen molar-refractivity contribution in [2.24, 2.45) is 0 Å². The van der Waals surface area contributed by atoms with E-state index >= 15 is 0 Å². The number of esters is 1. The Morgan fingerprint density at radius 3 is 2.43 bits per heavy atom. The van der Waals surface area contributed by atoms with Gasteiger partial charge in [-0.1, -0.05) is 53.2 Å². The number of carbonyl (C=O) groups excluding carboxylic acids is 2. The number of nitrogens with one attached hydrogen (secondary N) is 2. The van der Waals surface area contributed by atoms with E-state index < -0.39 is 11.9 Å². The number of carbonyl (C=O) groups is 2. The monoisotopic (exact) mass is 511 g/mol. The van der Waals surface area contributed by atoms with Crippen LogP contribution in [-0.2, 0) is 19.1 Å². The van der Waals surface area contributed by atoms with Crippen LogP contribution in [0.5, 0.6) is 0 Å². The van der Waals surface area contributed by atoms with Crippen LogP contribution in [0.2, 0.25) is 5.02 Å². The number of aryl methyl sites for hydroxylation is 1. The van der Waals surface area contributed by atoms with Crippen LogP contribution in [0.25, 0.3) is 0 Å². The Labute approximate surface area is 214 Å². The van der Waals surface area contributed by atoms with Crippen LogP contribution in [0, 0.1) is 18.3 Å². The highest BCUT2D eigenvalue weighted by molar-refractivity contribution is 8.03. The van der Waals surface area contributed by atoms with E-state index in [-0.39, 0.29) is 24.9 Å².